The van der Waals surface area contributed by atoms with Gasteiger partial charge in [-0.15, -0.1) is 12.4 Å². The maximum Gasteiger partial charge on any atom is 0.163 e. The minimum atomic E-state index is -0.484. The lowest BCUT2D eigenvalue weighted by Crippen LogP contribution is -2.45. The Bertz CT molecular complexity index is 471. The molecule has 1 N–H and O–H groups in total. The first-order chi connectivity index (χ1) is 10.2. The van der Waals surface area contributed by atoms with Gasteiger partial charge in [-0.05, 0) is 12.5 Å². The molecule has 0 aromatic heterocycles. The first-order valence-corrected chi connectivity index (χ1v) is 7.13. The summed E-state index contributed by atoms with van der Waals surface area (Å²) in [5.74, 6) is 0.426. The summed E-state index contributed by atoms with van der Waals surface area (Å²) in [6.07, 6.45) is 0.270. The largest absolute Gasteiger partial charge is 0.493 e. The fourth-order valence-corrected chi connectivity index (χ4v) is 2.76. The first kappa shape index (κ1) is 18.9. The van der Waals surface area contributed by atoms with Crippen LogP contribution in [0.25, 0.3) is 0 Å². The van der Waals surface area contributed by atoms with Gasteiger partial charge in [0.2, 0.25) is 0 Å². The Morgan fingerprint density at radius 3 is 2.32 bits per heavy atom. The summed E-state index contributed by atoms with van der Waals surface area (Å²) in [5, 5.41) is 3.24. The molecule has 1 aromatic rings. The van der Waals surface area contributed by atoms with Crippen LogP contribution in [0.2, 0.25) is 0 Å². The van der Waals surface area contributed by atoms with Crippen LogP contribution in [0.4, 0.5) is 8.78 Å². The maximum absolute atomic E-state index is 14.4. The zero-order valence-electron chi connectivity index (χ0n) is 12.9. The zero-order chi connectivity index (χ0) is 15.2. The molecule has 0 aliphatic carbocycles. The highest BCUT2D eigenvalue weighted by atomic mass is 35.5. The van der Waals surface area contributed by atoms with E-state index in [0.717, 1.165) is 26.2 Å². The van der Waals surface area contributed by atoms with Crippen molar-refractivity contribution in [3.8, 4) is 11.5 Å². The lowest BCUT2D eigenvalue weighted by Gasteiger charge is -2.35. The van der Waals surface area contributed by atoms with E-state index in [9.17, 15) is 8.78 Å². The van der Waals surface area contributed by atoms with Crippen molar-refractivity contribution in [3.63, 3.8) is 0 Å². The normalized spacial score (nSPS) is 16.7. The number of nitrogens with zero attached hydrogens (tertiary/aromatic N) is 1. The van der Waals surface area contributed by atoms with Crippen LogP contribution in [0.15, 0.2) is 12.1 Å². The van der Waals surface area contributed by atoms with Gasteiger partial charge in [0.25, 0.3) is 0 Å². The Balaban J connectivity index is 0.00000242. The molecule has 1 saturated heterocycles. The molecular weight excluding hydrogens is 314 g/mol. The second-order valence-electron chi connectivity index (χ2n) is 5.01. The predicted molar refractivity (Wildman–Crippen MR) is 84.5 cm³/mol. The second kappa shape index (κ2) is 9.12. The highest BCUT2D eigenvalue weighted by molar-refractivity contribution is 5.85. The number of ether oxygens (including phenoxy) is 2. The van der Waals surface area contributed by atoms with Crippen LogP contribution in [-0.2, 0) is 0 Å². The highest BCUT2D eigenvalue weighted by Crippen LogP contribution is 2.35. The van der Waals surface area contributed by atoms with E-state index < -0.39 is 6.67 Å². The number of alkyl halides is 1. The van der Waals surface area contributed by atoms with E-state index in [-0.39, 0.29) is 30.7 Å². The molecular formula is C15H23ClF2N2O2. The summed E-state index contributed by atoms with van der Waals surface area (Å²) in [7, 11) is 2.97. The minimum Gasteiger partial charge on any atom is -0.493 e. The first-order valence-electron chi connectivity index (χ1n) is 7.13. The highest BCUT2D eigenvalue weighted by Gasteiger charge is 2.26. The Kier molecular flexibility index (Phi) is 7.85. The monoisotopic (exact) mass is 336 g/mol. The Hall–Kier alpha value is -1.11. The summed E-state index contributed by atoms with van der Waals surface area (Å²) in [6.45, 7) is 2.73. The lowest BCUT2D eigenvalue weighted by atomic mass is 10.00. The molecule has 126 valence electrons. The molecule has 0 saturated carbocycles. The SMILES string of the molecule is COc1cc(F)c([C@H](CCF)N2CCNCC2)cc1OC.Cl. The predicted octanol–water partition coefficient (Wildman–Crippen LogP) is 2.57. The Morgan fingerprint density at radius 1 is 1.18 bits per heavy atom. The Morgan fingerprint density at radius 2 is 1.77 bits per heavy atom. The molecule has 0 amide bonds. The maximum atomic E-state index is 14.4. The van der Waals surface area contributed by atoms with Gasteiger partial charge >= 0.3 is 0 Å². The third kappa shape index (κ3) is 4.21. The number of methoxy groups -OCH3 is 2. The minimum absolute atomic E-state index is 0. The van der Waals surface area contributed by atoms with Crippen LogP contribution < -0.4 is 14.8 Å². The van der Waals surface area contributed by atoms with Crippen molar-refractivity contribution in [1.82, 2.24) is 10.2 Å². The van der Waals surface area contributed by atoms with Crippen LogP contribution in [0, 0.1) is 5.82 Å². The van der Waals surface area contributed by atoms with Crippen molar-refractivity contribution in [1.29, 1.82) is 0 Å². The third-order valence-corrected chi connectivity index (χ3v) is 3.84. The number of rotatable bonds is 6. The van der Waals surface area contributed by atoms with Gasteiger partial charge in [-0.3, -0.25) is 9.29 Å². The van der Waals surface area contributed by atoms with Crippen LogP contribution >= 0.6 is 12.4 Å². The van der Waals surface area contributed by atoms with Gasteiger partial charge in [0.1, 0.15) is 5.82 Å². The molecule has 1 fully saturated rings. The fraction of sp³-hybridized carbons (Fsp3) is 0.600. The van der Waals surface area contributed by atoms with Crippen molar-refractivity contribution in [2.75, 3.05) is 47.1 Å². The van der Waals surface area contributed by atoms with E-state index in [4.69, 9.17) is 9.47 Å². The molecule has 1 aliphatic rings. The molecule has 22 heavy (non-hydrogen) atoms. The van der Waals surface area contributed by atoms with E-state index in [1.165, 1.54) is 20.3 Å². The fourth-order valence-electron chi connectivity index (χ4n) is 2.76. The van der Waals surface area contributed by atoms with Gasteiger partial charge in [-0.25, -0.2) is 4.39 Å². The van der Waals surface area contributed by atoms with Crippen molar-refractivity contribution < 1.29 is 18.3 Å². The Labute approximate surface area is 136 Å². The average Bonchev–Trinajstić information content (AvgIpc) is 2.53. The van der Waals surface area contributed by atoms with Gasteiger partial charge < -0.3 is 14.8 Å². The van der Waals surface area contributed by atoms with Crippen LogP contribution in [-0.4, -0.2) is 52.0 Å². The summed E-state index contributed by atoms with van der Waals surface area (Å²) >= 11 is 0. The van der Waals surface area contributed by atoms with Crippen molar-refractivity contribution in [2.45, 2.75) is 12.5 Å². The molecule has 0 radical (unpaired) electrons. The molecule has 0 bridgehead atoms. The molecule has 1 aromatic carbocycles. The number of halogens is 3. The van der Waals surface area contributed by atoms with Crippen LogP contribution in [0.3, 0.4) is 0 Å². The molecule has 0 spiro atoms. The van der Waals surface area contributed by atoms with Crippen LogP contribution in [0.5, 0.6) is 11.5 Å². The number of piperazine rings is 1. The smallest absolute Gasteiger partial charge is 0.163 e. The molecule has 1 aliphatic heterocycles. The van der Waals surface area contributed by atoms with Crippen molar-refractivity contribution in [2.24, 2.45) is 0 Å². The number of benzene rings is 1. The number of hydrogen-bond acceptors (Lipinski definition) is 4. The zero-order valence-corrected chi connectivity index (χ0v) is 13.7. The van der Waals surface area contributed by atoms with Gasteiger partial charge in [-0.1, -0.05) is 0 Å². The topological polar surface area (TPSA) is 33.7 Å². The second-order valence-corrected chi connectivity index (χ2v) is 5.01. The van der Waals surface area contributed by atoms with Gasteiger partial charge in [0.05, 0.1) is 20.9 Å². The van der Waals surface area contributed by atoms with Gasteiger partial charge in [-0.2, -0.15) is 0 Å². The van der Waals surface area contributed by atoms with E-state index in [1.54, 1.807) is 6.07 Å². The number of nitrogens with one attached hydrogen (secondary N) is 1. The van der Waals surface area contributed by atoms with E-state index in [2.05, 4.69) is 10.2 Å². The average molecular weight is 337 g/mol. The van der Waals surface area contributed by atoms with E-state index >= 15 is 0 Å². The van der Waals surface area contributed by atoms with E-state index in [0.29, 0.717) is 17.1 Å². The lowest BCUT2D eigenvalue weighted by molar-refractivity contribution is 0.154. The van der Waals surface area contributed by atoms with Crippen LogP contribution in [0.1, 0.15) is 18.0 Å². The molecule has 1 heterocycles. The van der Waals surface area contributed by atoms with Gasteiger partial charge in [0.15, 0.2) is 11.5 Å². The summed E-state index contributed by atoms with van der Waals surface area (Å²) in [6, 6.07) is 2.65. The van der Waals surface area contributed by atoms with Crippen molar-refractivity contribution >= 4 is 12.4 Å². The standard InChI is InChI=1S/C15H22F2N2O2.ClH/c1-20-14-9-11(12(17)10-15(14)21-2)13(3-4-16)19-7-5-18-6-8-19;/h9-10,13,18H,3-8H2,1-2H3;1H/t13-;/m0./s1. The third-order valence-electron chi connectivity index (χ3n) is 3.84. The quantitative estimate of drug-likeness (QED) is 0.865. The summed E-state index contributed by atoms with van der Waals surface area (Å²) < 4.78 is 37.6. The van der Waals surface area contributed by atoms with Gasteiger partial charge in [0, 0.05) is 43.9 Å². The molecule has 2 rings (SSSR count). The molecule has 1 atom stereocenters. The summed E-state index contributed by atoms with van der Waals surface area (Å²) in [4.78, 5) is 2.11. The summed E-state index contributed by atoms with van der Waals surface area (Å²) in [5.41, 5.74) is 0.465. The molecule has 4 nitrogen and oxygen atoms in total. The van der Waals surface area contributed by atoms with E-state index in [1.807, 2.05) is 0 Å². The van der Waals surface area contributed by atoms with Crippen molar-refractivity contribution in [3.05, 3.63) is 23.5 Å². The molecule has 0 unspecified atom stereocenters. The molecule has 7 heteroatoms. The number of hydrogen-bond donors (Lipinski definition) is 1.